The Balaban J connectivity index is 2.60. The highest BCUT2D eigenvalue weighted by Gasteiger charge is 2.19. The van der Waals surface area contributed by atoms with E-state index in [0.29, 0.717) is 5.56 Å². The number of rotatable bonds is 5. The molecule has 110 valence electrons. The van der Waals surface area contributed by atoms with Gasteiger partial charge in [0.05, 0.1) is 5.56 Å². The van der Waals surface area contributed by atoms with Gasteiger partial charge in [-0.2, -0.15) is 0 Å². The highest BCUT2D eigenvalue weighted by Crippen LogP contribution is 2.13. The number of ether oxygens (including phenoxy) is 1. The molecule has 0 bridgehead atoms. The van der Waals surface area contributed by atoms with E-state index in [1.165, 1.54) is 0 Å². The summed E-state index contributed by atoms with van der Waals surface area (Å²) in [5, 5.41) is 2.82. The van der Waals surface area contributed by atoms with Crippen molar-refractivity contribution in [3.05, 3.63) is 34.9 Å². The lowest BCUT2D eigenvalue weighted by Crippen LogP contribution is -2.44. The predicted octanol–water partition coefficient (Wildman–Crippen LogP) is 2.77. The summed E-state index contributed by atoms with van der Waals surface area (Å²) >= 11 is 0. The van der Waals surface area contributed by atoms with Gasteiger partial charge >= 0.3 is 5.97 Å². The molecule has 1 rings (SSSR count). The van der Waals surface area contributed by atoms with Gasteiger partial charge < -0.3 is 10.1 Å². The summed E-state index contributed by atoms with van der Waals surface area (Å²) in [5.41, 5.74) is 2.12. The Morgan fingerprint density at radius 1 is 1.25 bits per heavy atom. The molecular formula is C16H23NO3. The second kappa shape index (κ2) is 6.55. The number of nitrogens with one attached hydrogen (secondary N) is 1. The molecule has 4 nitrogen and oxygen atoms in total. The molecule has 1 amide bonds. The molecule has 0 aromatic heterocycles. The zero-order valence-electron chi connectivity index (χ0n) is 12.9. The lowest BCUT2D eigenvalue weighted by Gasteiger charge is -2.24. The molecular weight excluding hydrogens is 254 g/mol. The van der Waals surface area contributed by atoms with Gasteiger partial charge in [0.15, 0.2) is 6.61 Å². The van der Waals surface area contributed by atoms with Gasteiger partial charge in [-0.15, -0.1) is 0 Å². The van der Waals surface area contributed by atoms with E-state index >= 15 is 0 Å². The molecule has 1 aromatic rings. The van der Waals surface area contributed by atoms with Crippen LogP contribution in [0.25, 0.3) is 0 Å². The van der Waals surface area contributed by atoms with Gasteiger partial charge in [-0.25, -0.2) is 4.79 Å². The number of amides is 1. The molecule has 1 aromatic carbocycles. The first-order valence-electron chi connectivity index (χ1n) is 6.81. The molecule has 0 atom stereocenters. The third-order valence-corrected chi connectivity index (χ3v) is 3.52. The highest BCUT2D eigenvalue weighted by molar-refractivity contribution is 5.93. The lowest BCUT2D eigenvalue weighted by molar-refractivity contribution is -0.125. The van der Waals surface area contributed by atoms with Crippen LogP contribution in [0, 0.1) is 13.8 Å². The molecule has 4 heteroatoms. The van der Waals surface area contributed by atoms with Gasteiger partial charge in [0, 0.05) is 5.54 Å². The molecule has 0 heterocycles. The van der Waals surface area contributed by atoms with Crippen molar-refractivity contribution in [3.8, 4) is 0 Å². The zero-order chi connectivity index (χ0) is 15.3. The molecule has 0 radical (unpaired) electrons. The van der Waals surface area contributed by atoms with E-state index in [1.54, 1.807) is 12.1 Å². The van der Waals surface area contributed by atoms with Gasteiger partial charge in [-0.05, 0) is 51.3 Å². The number of hydrogen-bond acceptors (Lipinski definition) is 3. The first-order chi connectivity index (χ1) is 9.26. The minimum atomic E-state index is -0.462. The SMILES string of the molecule is CCC(C)(C)NC(=O)COC(=O)c1cccc(C)c1C. The fourth-order valence-electron chi connectivity index (χ4n) is 1.68. The van der Waals surface area contributed by atoms with Crippen LogP contribution in [-0.2, 0) is 9.53 Å². The number of esters is 1. The third kappa shape index (κ3) is 4.37. The number of benzene rings is 1. The molecule has 1 N–H and O–H groups in total. The van der Waals surface area contributed by atoms with Crippen LogP contribution in [0.15, 0.2) is 18.2 Å². The summed E-state index contributed by atoms with van der Waals surface area (Å²) in [5.74, 6) is -0.744. The quantitative estimate of drug-likeness (QED) is 0.842. The monoisotopic (exact) mass is 277 g/mol. The molecule has 0 aliphatic rings. The van der Waals surface area contributed by atoms with Crippen LogP contribution in [-0.4, -0.2) is 24.0 Å². The number of carbonyl (C=O) groups is 2. The Morgan fingerprint density at radius 2 is 1.90 bits per heavy atom. The van der Waals surface area contributed by atoms with Crippen molar-refractivity contribution in [1.82, 2.24) is 5.32 Å². The smallest absolute Gasteiger partial charge is 0.338 e. The molecule has 0 saturated heterocycles. The van der Waals surface area contributed by atoms with Crippen molar-refractivity contribution >= 4 is 11.9 Å². The van der Waals surface area contributed by atoms with Gasteiger partial charge in [-0.1, -0.05) is 19.1 Å². The summed E-state index contributed by atoms with van der Waals surface area (Å²) < 4.78 is 5.07. The number of hydrogen-bond donors (Lipinski definition) is 1. The maximum Gasteiger partial charge on any atom is 0.338 e. The van der Waals surface area contributed by atoms with Crippen molar-refractivity contribution in [2.75, 3.05) is 6.61 Å². The predicted molar refractivity (Wildman–Crippen MR) is 78.7 cm³/mol. The second-order valence-corrected chi connectivity index (χ2v) is 5.61. The summed E-state index contributed by atoms with van der Waals surface area (Å²) in [6, 6.07) is 5.44. The summed E-state index contributed by atoms with van der Waals surface area (Å²) in [6.07, 6.45) is 0.809. The molecule has 0 aliphatic heterocycles. The Bertz CT molecular complexity index is 506. The first-order valence-corrected chi connectivity index (χ1v) is 6.81. The highest BCUT2D eigenvalue weighted by atomic mass is 16.5. The van der Waals surface area contributed by atoms with Crippen LogP contribution in [0.5, 0.6) is 0 Å². The van der Waals surface area contributed by atoms with Crippen LogP contribution in [0.3, 0.4) is 0 Å². The first kappa shape index (κ1) is 16.2. The van der Waals surface area contributed by atoms with Crippen LogP contribution in [0.4, 0.5) is 0 Å². The fourth-order valence-corrected chi connectivity index (χ4v) is 1.68. The summed E-state index contributed by atoms with van der Waals surface area (Å²) in [7, 11) is 0. The Morgan fingerprint density at radius 3 is 2.50 bits per heavy atom. The minimum absolute atomic E-state index is 0.254. The normalized spacial score (nSPS) is 11.1. The topological polar surface area (TPSA) is 55.4 Å². The number of carbonyl (C=O) groups excluding carboxylic acids is 2. The molecule has 0 unspecified atom stereocenters. The van der Waals surface area contributed by atoms with Crippen molar-refractivity contribution in [1.29, 1.82) is 0 Å². The van der Waals surface area contributed by atoms with Crippen LogP contribution in [0.1, 0.15) is 48.7 Å². The lowest BCUT2D eigenvalue weighted by atomic mass is 10.0. The molecule has 0 fully saturated rings. The van der Waals surface area contributed by atoms with E-state index in [0.717, 1.165) is 17.5 Å². The fraction of sp³-hybridized carbons (Fsp3) is 0.500. The van der Waals surface area contributed by atoms with Crippen molar-refractivity contribution < 1.29 is 14.3 Å². The van der Waals surface area contributed by atoms with Gasteiger partial charge in [0.2, 0.25) is 0 Å². The van der Waals surface area contributed by atoms with Crippen molar-refractivity contribution in [2.24, 2.45) is 0 Å². The van der Waals surface area contributed by atoms with Crippen molar-refractivity contribution in [3.63, 3.8) is 0 Å². The van der Waals surface area contributed by atoms with E-state index < -0.39 is 5.97 Å². The van der Waals surface area contributed by atoms with Crippen LogP contribution >= 0.6 is 0 Å². The minimum Gasteiger partial charge on any atom is -0.452 e. The summed E-state index contributed by atoms with van der Waals surface area (Å²) in [6.45, 7) is 9.39. The van der Waals surface area contributed by atoms with E-state index in [1.807, 2.05) is 40.7 Å². The van der Waals surface area contributed by atoms with E-state index in [4.69, 9.17) is 4.74 Å². The van der Waals surface area contributed by atoms with Gasteiger partial charge in [0.1, 0.15) is 0 Å². The maximum atomic E-state index is 12.0. The average molecular weight is 277 g/mol. The van der Waals surface area contributed by atoms with Crippen LogP contribution < -0.4 is 5.32 Å². The van der Waals surface area contributed by atoms with Gasteiger partial charge in [-0.3, -0.25) is 4.79 Å². The Hall–Kier alpha value is -1.84. The molecule has 0 spiro atoms. The van der Waals surface area contributed by atoms with Crippen molar-refractivity contribution in [2.45, 2.75) is 46.6 Å². The Labute approximate surface area is 120 Å². The van der Waals surface area contributed by atoms with E-state index in [9.17, 15) is 9.59 Å². The van der Waals surface area contributed by atoms with E-state index in [-0.39, 0.29) is 18.1 Å². The van der Waals surface area contributed by atoms with Crippen LogP contribution in [0.2, 0.25) is 0 Å². The van der Waals surface area contributed by atoms with E-state index in [2.05, 4.69) is 5.32 Å². The zero-order valence-corrected chi connectivity index (χ0v) is 12.9. The summed E-state index contributed by atoms with van der Waals surface area (Å²) in [4.78, 5) is 23.7. The molecule has 0 aliphatic carbocycles. The standard InChI is InChI=1S/C16H23NO3/c1-6-16(4,5)17-14(18)10-20-15(19)13-9-7-8-11(2)12(13)3/h7-9H,6,10H2,1-5H3,(H,17,18). The number of aryl methyl sites for hydroxylation is 1. The maximum absolute atomic E-state index is 12.0. The average Bonchev–Trinajstić information content (AvgIpc) is 2.38. The third-order valence-electron chi connectivity index (χ3n) is 3.52. The second-order valence-electron chi connectivity index (χ2n) is 5.61. The Kier molecular flexibility index (Phi) is 5.31. The van der Waals surface area contributed by atoms with Gasteiger partial charge in [0.25, 0.3) is 5.91 Å². The molecule has 20 heavy (non-hydrogen) atoms. The largest absolute Gasteiger partial charge is 0.452 e. The molecule has 0 saturated carbocycles.